The van der Waals surface area contributed by atoms with Gasteiger partial charge in [0.05, 0.1) is 48.2 Å². The van der Waals surface area contributed by atoms with Crippen LogP contribution < -0.4 is 10.2 Å². The molecule has 3 atom stereocenters. The van der Waals surface area contributed by atoms with Crippen molar-refractivity contribution in [1.29, 1.82) is 0 Å². The van der Waals surface area contributed by atoms with E-state index < -0.39 is 8.07 Å². The van der Waals surface area contributed by atoms with Crippen molar-refractivity contribution in [3.63, 3.8) is 0 Å². The second kappa shape index (κ2) is 11.9. The second-order valence-electron chi connectivity index (χ2n) is 13.5. The first-order chi connectivity index (χ1) is 20.2. The number of hydrogen-bond donors (Lipinski definition) is 1. The lowest BCUT2D eigenvalue weighted by molar-refractivity contribution is -0.121. The number of aryl methyl sites for hydroxylation is 1. The van der Waals surface area contributed by atoms with Crippen molar-refractivity contribution < 1.29 is 14.3 Å². The number of methoxy groups -OCH3 is 1. The summed E-state index contributed by atoms with van der Waals surface area (Å²) < 4.78 is 15.5. The SMILES string of the molecule is COCc1nc(N2CC3CC3C2)ccc1Cc1cc(CC(=O)N[C@@H]2CCc3c2ncn3C)n(COCC[Si](C)(C)C)n1. The van der Waals surface area contributed by atoms with Gasteiger partial charge in [-0.25, -0.2) is 14.6 Å². The molecule has 0 bridgehead atoms. The Morgan fingerprint density at radius 3 is 2.76 bits per heavy atom. The van der Waals surface area contributed by atoms with Crippen molar-refractivity contribution in [3.05, 3.63) is 58.6 Å². The lowest BCUT2D eigenvalue weighted by Gasteiger charge is -2.20. The highest BCUT2D eigenvalue weighted by molar-refractivity contribution is 6.76. The standard InChI is InChI=1S/C31H45N7O3Si/c1-36-19-32-31-26(7-8-28(31)36)34-30(39)15-25-14-24(35-38(25)20-41-10-11-42(3,4)5)13-21-6-9-29(33-27(21)18-40-2)37-16-22-12-23(22)17-37/h6,9,14,19,22-23,26H,7-8,10-13,15-18,20H2,1-5H3,(H,34,39)/t22?,23?,26-/m1/s1. The van der Waals surface area contributed by atoms with Gasteiger partial charge in [0, 0.05) is 54.0 Å². The van der Waals surface area contributed by atoms with E-state index in [0.29, 0.717) is 26.4 Å². The molecule has 11 heteroatoms. The highest BCUT2D eigenvalue weighted by atomic mass is 28.3. The smallest absolute Gasteiger partial charge is 0.226 e. The molecular formula is C31H45N7O3Si. The van der Waals surface area contributed by atoms with Gasteiger partial charge in [0.15, 0.2) is 0 Å². The van der Waals surface area contributed by atoms with Gasteiger partial charge in [-0.3, -0.25) is 4.79 Å². The first kappa shape index (κ1) is 29.1. The summed E-state index contributed by atoms with van der Waals surface area (Å²) in [5, 5.41) is 8.12. The van der Waals surface area contributed by atoms with E-state index in [0.717, 1.165) is 78.0 Å². The third-order valence-corrected chi connectivity index (χ3v) is 10.6. The molecule has 3 aromatic rings. The van der Waals surface area contributed by atoms with E-state index in [1.54, 1.807) is 7.11 Å². The highest BCUT2D eigenvalue weighted by Crippen LogP contribution is 2.46. The summed E-state index contributed by atoms with van der Waals surface area (Å²) in [6.45, 7) is 10.7. The van der Waals surface area contributed by atoms with Crippen molar-refractivity contribution in [3.8, 4) is 0 Å². The van der Waals surface area contributed by atoms with Crippen molar-refractivity contribution in [2.75, 3.05) is 31.7 Å². The molecule has 2 aliphatic carbocycles. The number of piperidine rings is 1. The normalized spacial score (nSPS) is 21.1. The van der Waals surface area contributed by atoms with Crippen LogP contribution in [0.1, 0.15) is 52.9 Å². The highest BCUT2D eigenvalue weighted by Gasteiger charge is 2.45. The van der Waals surface area contributed by atoms with E-state index in [1.807, 2.05) is 28.7 Å². The molecule has 1 N–H and O–H groups in total. The Hall–Kier alpha value is -3.02. The Morgan fingerprint density at radius 1 is 1.19 bits per heavy atom. The molecular weight excluding hydrogens is 546 g/mol. The summed E-state index contributed by atoms with van der Waals surface area (Å²) in [5.74, 6) is 2.72. The second-order valence-corrected chi connectivity index (χ2v) is 19.2. The van der Waals surface area contributed by atoms with Crippen LogP contribution >= 0.6 is 0 Å². The average molecular weight is 592 g/mol. The molecule has 1 amide bonds. The van der Waals surface area contributed by atoms with E-state index in [1.165, 1.54) is 12.1 Å². The molecule has 1 saturated carbocycles. The number of ether oxygens (including phenoxy) is 2. The van der Waals surface area contributed by atoms with Crippen LogP contribution in [0.3, 0.4) is 0 Å². The van der Waals surface area contributed by atoms with Gasteiger partial charge in [-0.05, 0) is 54.8 Å². The van der Waals surface area contributed by atoms with E-state index in [4.69, 9.17) is 19.6 Å². The fourth-order valence-corrected chi connectivity index (χ4v) is 7.08. The minimum absolute atomic E-state index is 0.0249. The van der Waals surface area contributed by atoms with E-state index in [9.17, 15) is 4.79 Å². The molecule has 4 heterocycles. The average Bonchev–Trinajstić information content (AvgIpc) is 3.32. The number of nitrogens with zero attached hydrogens (tertiary/aromatic N) is 6. The van der Waals surface area contributed by atoms with Gasteiger partial charge < -0.3 is 24.3 Å². The minimum atomic E-state index is -1.21. The lowest BCUT2D eigenvalue weighted by atomic mass is 10.1. The monoisotopic (exact) mass is 591 g/mol. The Morgan fingerprint density at radius 2 is 2.00 bits per heavy atom. The van der Waals surface area contributed by atoms with Crippen LogP contribution in [0.15, 0.2) is 24.5 Å². The van der Waals surface area contributed by atoms with Gasteiger partial charge in [-0.15, -0.1) is 0 Å². The predicted octanol–water partition coefficient (Wildman–Crippen LogP) is 3.86. The molecule has 1 aliphatic heterocycles. The van der Waals surface area contributed by atoms with Crippen molar-refractivity contribution in [2.24, 2.45) is 18.9 Å². The van der Waals surface area contributed by atoms with Crippen molar-refractivity contribution in [2.45, 2.75) is 77.2 Å². The number of aromatic nitrogens is 5. The summed E-state index contributed by atoms with van der Waals surface area (Å²) in [4.78, 5) is 25.2. The summed E-state index contributed by atoms with van der Waals surface area (Å²) in [7, 11) is 2.51. The fraction of sp³-hybridized carbons (Fsp3) is 0.613. The molecule has 2 fully saturated rings. The molecule has 10 nitrogen and oxygen atoms in total. The molecule has 3 aliphatic rings. The summed E-state index contributed by atoms with van der Waals surface area (Å²) >= 11 is 0. The maximum absolute atomic E-state index is 13.2. The number of fused-ring (bicyclic) bond motifs is 2. The predicted molar refractivity (Wildman–Crippen MR) is 164 cm³/mol. The largest absolute Gasteiger partial charge is 0.378 e. The third-order valence-electron chi connectivity index (χ3n) is 8.90. The van der Waals surface area contributed by atoms with Gasteiger partial charge in [0.2, 0.25) is 5.91 Å². The molecule has 2 unspecified atom stereocenters. The first-order valence-electron chi connectivity index (χ1n) is 15.3. The van der Waals surface area contributed by atoms with Crippen LogP contribution in [-0.2, 0) is 53.9 Å². The third kappa shape index (κ3) is 6.63. The zero-order chi connectivity index (χ0) is 29.4. The van der Waals surface area contributed by atoms with Crippen LogP contribution in [0, 0.1) is 11.8 Å². The number of nitrogens with one attached hydrogen (secondary N) is 1. The number of pyridine rings is 1. The Balaban J connectivity index is 1.17. The molecule has 0 radical (unpaired) electrons. The number of anilines is 1. The molecule has 226 valence electrons. The van der Waals surface area contributed by atoms with Gasteiger partial charge >= 0.3 is 0 Å². The number of imidazole rings is 1. The number of amides is 1. The molecule has 42 heavy (non-hydrogen) atoms. The summed E-state index contributed by atoms with van der Waals surface area (Å²) in [5.41, 5.74) is 5.98. The first-order valence-corrected chi connectivity index (χ1v) is 19.0. The van der Waals surface area contributed by atoms with Crippen LogP contribution in [-0.4, -0.2) is 65.1 Å². The quantitative estimate of drug-likeness (QED) is 0.238. The number of carbonyl (C=O) groups is 1. The number of carbonyl (C=O) groups excluding carboxylic acids is 1. The van der Waals surface area contributed by atoms with Gasteiger partial charge in [-0.1, -0.05) is 25.7 Å². The van der Waals surface area contributed by atoms with E-state index in [-0.39, 0.29) is 18.4 Å². The Labute approximate surface area is 249 Å². The van der Waals surface area contributed by atoms with Crippen LogP contribution in [0.5, 0.6) is 0 Å². The number of hydrogen-bond acceptors (Lipinski definition) is 7. The molecule has 3 aromatic heterocycles. The summed E-state index contributed by atoms with van der Waals surface area (Å²) in [6.07, 6.45) is 5.87. The maximum atomic E-state index is 13.2. The zero-order valence-electron chi connectivity index (χ0n) is 25.7. The topological polar surface area (TPSA) is 99.3 Å². The van der Waals surface area contributed by atoms with Crippen LogP contribution in [0.4, 0.5) is 5.82 Å². The van der Waals surface area contributed by atoms with Gasteiger partial charge in [0.1, 0.15) is 12.5 Å². The number of rotatable bonds is 13. The summed E-state index contributed by atoms with van der Waals surface area (Å²) in [6, 6.07) is 7.39. The maximum Gasteiger partial charge on any atom is 0.226 e. The molecule has 6 rings (SSSR count). The molecule has 0 spiro atoms. The Bertz CT molecular complexity index is 1420. The van der Waals surface area contributed by atoms with Gasteiger partial charge in [-0.2, -0.15) is 5.10 Å². The van der Waals surface area contributed by atoms with Crippen molar-refractivity contribution >= 4 is 19.8 Å². The Kier molecular flexibility index (Phi) is 8.26. The minimum Gasteiger partial charge on any atom is -0.378 e. The molecule has 1 saturated heterocycles. The molecule has 0 aromatic carbocycles. The van der Waals surface area contributed by atoms with Crippen LogP contribution in [0.25, 0.3) is 0 Å². The van der Waals surface area contributed by atoms with Crippen LogP contribution in [0.2, 0.25) is 25.7 Å². The zero-order valence-corrected chi connectivity index (χ0v) is 26.7. The van der Waals surface area contributed by atoms with Gasteiger partial charge in [0.25, 0.3) is 0 Å². The van der Waals surface area contributed by atoms with E-state index >= 15 is 0 Å². The lowest BCUT2D eigenvalue weighted by Crippen LogP contribution is -2.29. The van der Waals surface area contributed by atoms with E-state index in [2.05, 4.69) is 47.0 Å². The fourth-order valence-electron chi connectivity index (χ4n) is 6.32. The van der Waals surface area contributed by atoms with Crippen molar-refractivity contribution in [1.82, 2.24) is 29.6 Å².